The molecular formula is C10H7ClFN5. The third-order valence-corrected chi connectivity index (χ3v) is 2.51. The van der Waals surface area contributed by atoms with Crippen molar-refractivity contribution in [2.45, 2.75) is 0 Å². The number of nitrogen functional groups attached to an aromatic ring is 2. The predicted molar refractivity (Wildman–Crippen MR) is 62.1 cm³/mol. The second-order valence-electron chi connectivity index (χ2n) is 3.24. The highest BCUT2D eigenvalue weighted by molar-refractivity contribution is 6.32. The van der Waals surface area contributed by atoms with E-state index in [4.69, 9.17) is 28.3 Å². The first-order valence-electron chi connectivity index (χ1n) is 4.54. The van der Waals surface area contributed by atoms with Crippen molar-refractivity contribution in [3.8, 4) is 11.8 Å². The number of nitriles is 1. The highest BCUT2D eigenvalue weighted by Crippen LogP contribution is 2.28. The van der Waals surface area contributed by atoms with Crippen LogP contribution >= 0.6 is 11.6 Å². The molecule has 0 amide bonds. The summed E-state index contributed by atoms with van der Waals surface area (Å²) in [5.41, 5.74) is 11.1. The van der Waals surface area contributed by atoms with Crippen LogP contribution in [0.2, 0.25) is 5.02 Å². The van der Waals surface area contributed by atoms with Gasteiger partial charge in [0.15, 0.2) is 5.82 Å². The Morgan fingerprint density at radius 3 is 2.65 bits per heavy atom. The number of hydrogen-bond donors (Lipinski definition) is 2. The molecule has 0 fully saturated rings. The highest BCUT2D eigenvalue weighted by Gasteiger charge is 2.18. The third-order valence-electron chi connectivity index (χ3n) is 2.21. The average molecular weight is 252 g/mol. The number of aromatic nitrogens is 2. The summed E-state index contributed by atoms with van der Waals surface area (Å²) in [6.07, 6.45) is 0. The molecule has 0 atom stereocenters. The molecule has 0 unspecified atom stereocenters. The maximum atomic E-state index is 13.6. The lowest BCUT2D eigenvalue weighted by Gasteiger charge is -2.06. The molecule has 0 saturated carbocycles. The van der Waals surface area contributed by atoms with Crippen LogP contribution in [0.15, 0.2) is 18.2 Å². The standard InChI is InChI=1S/C10H7ClFN5/c11-6-2-1-3-7(12)8(6)17-10(15)5(4-13)9(14)16-17/h1-3H,15H2,(H2,14,16). The van der Waals surface area contributed by atoms with E-state index in [1.165, 1.54) is 18.2 Å². The first-order valence-corrected chi connectivity index (χ1v) is 4.92. The molecule has 0 bridgehead atoms. The number of rotatable bonds is 1. The Morgan fingerprint density at radius 2 is 2.12 bits per heavy atom. The number of para-hydroxylation sites is 1. The van der Waals surface area contributed by atoms with Gasteiger partial charge in [-0.3, -0.25) is 0 Å². The number of anilines is 2. The van der Waals surface area contributed by atoms with E-state index in [0.29, 0.717) is 0 Å². The SMILES string of the molecule is N#Cc1c(N)nn(-c2c(F)cccc2Cl)c1N. The van der Waals surface area contributed by atoms with E-state index >= 15 is 0 Å². The minimum absolute atomic E-state index is 0.00400. The summed E-state index contributed by atoms with van der Waals surface area (Å²) in [5, 5.41) is 12.7. The topological polar surface area (TPSA) is 93.6 Å². The van der Waals surface area contributed by atoms with Gasteiger partial charge in [0.05, 0.1) is 5.02 Å². The third kappa shape index (κ3) is 1.66. The van der Waals surface area contributed by atoms with Crippen LogP contribution in [-0.2, 0) is 0 Å². The van der Waals surface area contributed by atoms with Gasteiger partial charge < -0.3 is 11.5 Å². The van der Waals surface area contributed by atoms with E-state index in [0.717, 1.165) is 4.68 Å². The molecule has 4 N–H and O–H groups in total. The molecule has 5 nitrogen and oxygen atoms in total. The molecule has 86 valence electrons. The summed E-state index contributed by atoms with van der Waals surface area (Å²) in [5.74, 6) is -0.711. The van der Waals surface area contributed by atoms with E-state index in [1.807, 2.05) is 0 Å². The van der Waals surface area contributed by atoms with Crippen molar-refractivity contribution in [3.05, 3.63) is 34.6 Å². The Balaban J connectivity index is 2.75. The summed E-state index contributed by atoms with van der Waals surface area (Å²) in [4.78, 5) is 0. The number of hydrogen-bond acceptors (Lipinski definition) is 4. The Hall–Kier alpha value is -2.26. The quantitative estimate of drug-likeness (QED) is 0.807. The molecule has 0 aliphatic heterocycles. The summed E-state index contributed by atoms with van der Waals surface area (Å²) >= 11 is 5.86. The smallest absolute Gasteiger partial charge is 0.166 e. The number of halogens is 2. The fraction of sp³-hybridized carbons (Fsp3) is 0. The largest absolute Gasteiger partial charge is 0.382 e. The molecule has 1 heterocycles. The van der Waals surface area contributed by atoms with Crippen molar-refractivity contribution in [1.82, 2.24) is 9.78 Å². The average Bonchev–Trinajstić information content (AvgIpc) is 2.54. The Kier molecular flexibility index (Phi) is 2.61. The van der Waals surface area contributed by atoms with Gasteiger partial charge in [-0.2, -0.15) is 5.26 Å². The predicted octanol–water partition coefficient (Wildman–Crippen LogP) is 1.70. The fourth-order valence-corrected chi connectivity index (χ4v) is 1.67. The van der Waals surface area contributed by atoms with Crippen LogP contribution in [0, 0.1) is 17.1 Å². The lowest BCUT2D eigenvalue weighted by Crippen LogP contribution is -2.05. The van der Waals surface area contributed by atoms with E-state index in [1.54, 1.807) is 6.07 Å². The number of nitrogens with zero attached hydrogens (tertiary/aromatic N) is 3. The van der Waals surface area contributed by atoms with Crippen LogP contribution in [-0.4, -0.2) is 9.78 Å². The van der Waals surface area contributed by atoms with Crippen molar-refractivity contribution in [1.29, 1.82) is 5.26 Å². The summed E-state index contributed by atoms with van der Waals surface area (Å²) in [6.45, 7) is 0. The molecule has 0 radical (unpaired) electrons. The highest BCUT2D eigenvalue weighted by atomic mass is 35.5. The Bertz CT molecular complexity index is 608. The van der Waals surface area contributed by atoms with Gasteiger partial charge in [0, 0.05) is 0 Å². The van der Waals surface area contributed by atoms with Crippen molar-refractivity contribution in [2.24, 2.45) is 0 Å². The lowest BCUT2D eigenvalue weighted by atomic mass is 10.3. The van der Waals surface area contributed by atoms with E-state index in [2.05, 4.69) is 5.10 Å². The molecule has 0 saturated heterocycles. The fourth-order valence-electron chi connectivity index (χ4n) is 1.43. The molecule has 1 aromatic heterocycles. The molecule has 2 aromatic rings. The first kappa shape index (κ1) is 11.2. The second-order valence-corrected chi connectivity index (χ2v) is 3.65. The minimum atomic E-state index is -0.601. The van der Waals surface area contributed by atoms with Gasteiger partial charge in [-0.15, -0.1) is 5.10 Å². The second kappa shape index (κ2) is 3.96. The first-order chi connectivity index (χ1) is 8.06. The van der Waals surface area contributed by atoms with Gasteiger partial charge in [-0.05, 0) is 12.1 Å². The zero-order chi connectivity index (χ0) is 12.6. The lowest BCUT2D eigenvalue weighted by molar-refractivity contribution is 0.612. The van der Waals surface area contributed by atoms with Crippen LogP contribution < -0.4 is 11.5 Å². The van der Waals surface area contributed by atoms with Crippen molar-refractivity contribution in [3.63, 3.8) is 0 Å². The maximum absolute atomic E-state index is 13.6. The maximum Gasteiger partial charge on any atom is 0.166 e. The van der Waals surface area contributed by atoms with Gasteiger partial charge in [0.2, 0.25) is 0 Å². The monoisotopic (exact) mass is 251 g/mol. The number of nitrogens with two attached hydrogens (primary N) is 2. The molecule has 2 rings (SSSR count). The molecule has 7 heteroatoms. The normalized spacial score (nSPS) is 10.2. The van der Waals surface area contributed by atoms with Crippen molar-refractivity contribution in [2.75, 3.05) is 11.5 Å². The molecule has 17 heavy (non-hydrogen) atoms. The molecule has 0 aliphatic rings. The van der Waals surface area contributed by atoms with Crippen LogP contribution in [0.4, 0.5) is 16.0 Å². The van der Waals surface area contributed by atoms with E-state index < -0.39 is 5.82 Å². The Morgan fingerprint density at radius 1 is 1.41 bits per heavy atom. The molecule has 0 spiro atoms. The minimum Gasteiger partial charge on any atom is -0.382 e. The summed E-state index contributed by atoms with van der Waals surface area (Å²) < 4.78 is 14.7. The zero-order valence-corrected chi connectivity index (χ0v) is 9.24. The van der Waals surface area contributed by atoms with Gasteiger partial charge in [0.1, 0.15) is 29.0 Å². The van der Waals surface area contributed by atoms with E-state index in [-0.39, 0.29) is 27.9 Å². The molecule has 1 aromatic carbocycles. The van der Waals surface area contributed by atoms with E-state index in [9.17, 15) is 4.39 Å². The molecular weight excluding hydrogens is 245 g/mol. The van der Waals surface area contributed by atoms with Crippen LogP contribution in [0.25, 0.3) is 5.69 Å². The van der Waals surface area contributed by atoms with Gasteiger partial charge in [0.25, 0.3) is 0 Å². The zero-order valence-electron chi connectivity index (χ0n) is 8.48. The van der Waals surface area contributed by atoms with Gasteiger partial charge in [-0.1, -0.05) is 17.7 Å². The summed E-state index contributed by atoms with van der Waals surface area (Å²) in [6, 6.07) is 5.95. The molecule has 0 aliphatic carbocycles. The van der Waals surface area contributed by atoms with Gasteiger partial charge in [-0.25, -0.2) is 9.07 Å². The van der Waals surface area contributed by atoms with Crippen molar-refractivity contribution < 1.29 is 4.39 Å². The van der Waals surface area contributed by atoms with Crippen molar-refractivity contribution >= 4 is 23.2 Å². The van der Waals surface area contributed by atoms with Crippen LogP contribution in [0.3, 0.4) is 0 Å². The summed E-state index contributed by atoms with van der Waals surface area (Å²) in [7, 11) is 0. The number of benzene rings is 1. The Labute approximate surface area is 101 Å². The van der Waals surface area contributed by atoms with Gasteiger partial charge >= 0.3 is 0 Å². The van der Waals surface area contributed by atoms with Crippen LogP contribution in [0.5, 0.6) is 0 Å². The van der Waals surface area contributed by atoms with Crippen LogP contribution in [0.1, 0.15) is 5.56 Å².